The van der Waals surface area contributed by atoms with E-state index in [1.54, 1.807) is 53.7 Å². The van der Waals surface area contributed by atoms with Gasteiger partial charge in [-0.3, -0.25) is 9.59 Å². The molecular weight excluding hydrogens is 622 g/mol. The van der Waals surface area contributed by atoms with Gasteiger partial charge in [-0.15, -0.1) is 0 Å². The number of nitrogens with one attached hydrogen (secondary N) is 2. The fourth-order valence-electron chi connectivity index (χ4n) is 5.39. The second-order valence-corrected chi connectivity index (χ2v) is 15.4. The van der Waals surface area contributed by atoms with Crippen LogP contribution in [0.1, 0.15) is 113 Å². The number of amides is 3. The molecule has 2 aromatic rings. The summed E-state index contributed by atoms with van der Waals surface area (Å²) in [6, 6.07) is 11.6. The van der Waals surface area contributed by atoms with E-state index in [1.807, 2.05) is 51.1 Å². The molecule has 0 spiro atoms. The SMILES string of the molecule is CCC(C)C(NC(=O)OC(C)(C)C)C(=O)N(C(C)CCC(C)C)C(C(=O)NC(Cc1ccccc1)C(=O)OC(C)(C)C)c1cccc(O)c1. The molecule has 49 heavy (non-hydrogen) atoms. The molecule has 0 aliphatic rings. The van der Waals surface area contributed by atoms with Crippen molar-refractivity contribution in [3.8, 4) is 5.75 Å². The number of phenols is 1. The van der Waals surface area contributed by atoms with E-state index >= 15 is 0 Å². The first-order valence-electron chi connectivity index (χ1n) is 17.4. The fraction of sp³-hybridized carbons (Fsp3) is 0.590. The largest absolute Gasteiger partial charge is 0.508 e. The van der Waals surface area contributed by atoms with E-state index in [2.05, 4.69) is 24.5 Å². The van der Waals surface area contributed by atoms with Crippen molar-refractivity contribution in [2.75, 3.05) is 0 Å². The van der Waals surface area contributed by atoms with Gasteiger partial charge in [-0.05, 0) is 96.4 Å². The van der Waals surface area contributed by atoms with Gasteiger partial charge in [0, 0.05) is 12.5 Å². The van der Waals surface area contributed by atoms with Crippen molar-refractivity contribution in [2.24, 2.45) is 11.8 Å². The van der Waals surface area contributed by atoms with E-state index in [1.165, 1.54) is 17.0 Å². The van der Waals surface area contributed by atoms with Crippen LogP contribution in [-0.4, -0.2) is 63.2 Å². The minimum Gasteiger partial charge on any atom is -0.508 e. The van der Waals surface area contributed by atoms with E-state index in [4.69, 9.17) is 9.47 Å². The van der Waals surface area contributed by atoms with Gasteiger partial charge in [0.05, 0.1) is 0 Å². The highest BCUT2D eigenvalue weighted by Crippen LogP contribution is 2.31. The van der Waals surface area contributed by atoms with Crippen LogP contribution in [0.4, 0.5) is 4.79 Å². The summed E-state index contributed by atoms with van der Waals surface area (Å²) in [4.78, 5) is 57.7. The van der Waals surface area contributed by atoms with Crippen LogP contribution in [0.3, 0.4) is 0 Å². The number of hydrogen-bond donors (Lipinski definition) is 3. The lowest BCUT2D eigenvalue weighted by Crippen LogP contribution is -2.58. The second kappa shape index (κ2) is 18.1. The van der Waals surface area contributed by atoms with Gasteiger partial charge in [0.2, 0.25) is 11.8 Å². The lowest BCUT2D eigenvalue weighted by Gasteiger charge is -2.40. The van der Waals surface area contributed by atoms with Crippen LogP contribution in [0.5, 0.6) is 5.75 Å². The first-order valence-corrected chi connectivity index (χ1v) is 17.4. The number of alkyl carbamates (subject to hydrolysis) is 1. The first-order chi connectivity index (χ1) is 22.7. The third kappa shape index (κ3) is 13.8. The molecule has 0 heterocycles. The highest BCUT2D eigenvalue weighted by atomic mass is 16.6. The molecule has 2 rings (SSSR count). The molecular formula is C39H59N3O7. The summed E-state index contributed by atoms with van der Waals surface area (Å²) >= 11 is 0. The van der Waals surface area contributed by atoms with Crippen LogP contribution in [0.15, 0.2) is 54.6 Å². The monoisotopic (exact) mass is 681 g/mol. The predicted octanol–water partition coefficient (Wildman–Crippen LogP) is 7.10. The molecule has 0 aromatic heterocycles. The Morgan fingerprint density at radius 1 is 0.816 bits per heavy atom. The van der Waals surface area contributed by atoms with Crippen molar-refractivity contribution < 1.29 is 33.8 Å². The summed E-state index contributed by atoms with van der Waals surface area (Å²) in [6.07, 6.45) is 1.29. The maximum atomic E-state index is 14.9. The van der Waals surface area contributed by atoms with Gasteiger partial charge in [0.15, 0.2) is 0 Å². The van der Waals surface area contributed by atoms with Crippen LogP contribution in [0.2, 0.25) is 0 Å². The number of phenolic OH excluding ortho intramolecular Hbond substituents is 1. The number of hydrogen-bond acceptors (Lipinski definition) is 7. The predicted molar refractivity (Wildman–Crippen MR) is 192 cm³/mol. The van der Waals surface area contributed by atoms with Gasteiger partial charge in [0.1, 0.15) is 35.1 Å². The molecule has 3 amide bonds. The Morgan fingerprint density at radius 2 is 1.43 bits per heavy atom. The fourth-order valence-corrected chi connectivity index (χ4v) is 5.39. The topological polar surface area (TPSA) is 134 Å². The van der Waals surface area contributed by atoms with Crippen molar-refractivity contribution in [3.05, 3.63) is 65.7 Å². The molecule has 272 valence electrons. The summed E-state index contributed by atoms with van der Waals surface area (Å²) in [5, 5.41) is 16.3. The third-order valence-electron chi connectivity index (χ3n) is 8.05. The Bertz CT molecular complexity index is 1380. The van der Waals surface area contributed by atoms with Crippen molar-refractivity contribution >= 4 is 23.9 Å². The average molecular weight is 682 g/mol. The summed E-state index contributed by atoms with van der Waals surface area (Å²) in [5.41, 5.74) is -0.447. The molecule has 0 fully saturated rings. The molecule has 0 saturated heterocycles. The van der Waals surface area contributed by atoms with Crippen LogP contribution < -0.4 is 10.6 Å². The number of benzene rings is 2. The molecule has 2 aromatic carbocycles. The van der Waals surface area contributed by atoms with E-state index in [9.17, 15) is 24.3 Å². The molecule has 10 nitrogen and oxygen atoms in total. The van der Waals surface area contributed by atoms with E-state index in [0.717, 1.165) is 12.0 Å². The van der Waals surface area contributed by atoms with E-state index in [0.29, 0.717) is 24.3 Å². The summed E-state index contributed by atoms with van der Waals surface area (Å²) in [7, 11) is 0. The van der Waals surface area contributed by atoms with Crippen LogP contribution in [-0.2, 0) is 30.3 Å². The van der Waals surface area contributed by atoms with Gasteiger partial charge in [0.25, 0.3) is 0 Å². The maximum Gasteiger partial charge on any atom is 0.408 e. The van der Waals surface area contributed by atoms with Crippen LogP contribution in [0.25, 0.3) is 0 Å². The molecule has 5 unspecified atom stereocenters. The molecule has 0 radical (unpaired) electrons. The summed E-state index contributed by atoms with van der Waals surface area (Å²) in [5.74, 6) is -1.80. The van der Waals surface area contributed by atoms with Gasteiger partial charge < -0.3 is 30.1 Å². The Hall–Kier alpha value is -4.08. The Kier molecular flexibility index (Phi) is 15.2. The average Bonchev–Trinajstić information content (AvgIpc) is 2.99. The standard InChI is InChI=1S/C39H59N3O7/c1-12-26(4)32(41-37(47)49-39(9,10)11)35(45)42(27(5)22-21-25(2)3)33(29-19-16-20-30(43)24-29)34(44)40-31(36(46)48-38(6,7)8)23-28-17-14-13-15-18-28/h13-20,24-27,31-33,43H,12,21-23H2,1-11H3,(H,40,44)(H,41,47). The van der Waals surface area contributed by atoms with Crippen LogP contribution in [0, 0.1) is 11.8 Å². The molecule has 5 atom stereocenters. The van der Waals surface area contributed by atoms with Gasteiger partial charge >= 0.3 is 12.1 Å². The normalized spacial score (nSPS) is 14.9. The molecule has 0 aliphatic carbocycles. The number of esters is 1. The quantitative estimate of drug-likeness (QED) is 0.171. The Labute approximate surface area is 293 Å². The number of nitrogens with zero attached hydrogens (tertiary/aromatic N) is 1. The molecule has 3 N–H and O–H groups in total. The second-order valence-electron chi connectivity index (χ2n) is 15.4. The van der Waals surface area contributed by atoms with Crippen molar-refractivity contribution in [2.45, 2.75) is 137 Å². The highest BCUT2D eigenvalue weighted by molar-refractivity contribution is 5.94. The highest BCUT2D eigenvalue weighted by Gasteiger charge is 2.41. The van der Waals surface area contributed by atoms with Gasteiger partial charge in [-0.25, -0.2) is 9.59 Å². The molecule has 10 heteroatoms. The van der Waals surface area contributed by atoms with Crippen molar-refractivity contribution in [1.82, 2.24) is 15.5 Å². The van der Waals surface area contributed by atoms with Gasteiger partial charge in [-0.2, -0.15) is 0 Å². The zero-order chi connectivity index (χ0) is 37.1. The summed E-state index contributed by atoms with van der Waals surface area (Å²) in [6.45, 7) is 20.3. The van der Waals surface area contributed by atoms with Crippen molar-refractivity contribution in [3.63, 3.8) is 0 Å². The van der Waals surface area contributed by atoms with Crippen molar-refractivity contribution in [1.29, 1.82) is 0 Å². The lowest BCUT2D eigenvalue weighted by atomic mass is 9.93. The zero-order valence-corrected chi connectivity index (χ0v) is 31.3. The number of ether oxygens (including phenoxy) is 2. The van der Waals surface area contributed by atoms with Gasteiger partial charge in [-0.1, -0.05) is 76.6 Å². The molecule has 0 aliphatic heterocycles. The minimum atomic E-state index is -1.27. The Balaban J connectivity index is 2.73. The lowest BCUT2D eigenvalue weighted by molar-refractivity contribution is -0.159. The smallest absolute Gasteiger partial charge is 0.408 e. The number of carbonyl (C=O) groups is 4. The summed E-state index contributed by atoms with van der Waals surface area (Å²) < 4.78 is 11.3. The van der Waals surface area contributed by atoms with E-state index < -0.39 is 59.2 Å². The number of rotatable bonds is 15. The van der Waals surface area contributed by atoms with Crippen LogP contribution >= 0.6 is 0 Å². The third-order valence-corrected chi connectivity index (χ3v) is 8.05. The molecule has 0 saturated carbocycles. The zero-order valence-electron chi connectivity index (χ0n) is 31.3. The Morgan fingerprint density at radius 3 is 1.96 bits per heavy atom. The van der Waals surface area contributed by atoms with E-state index in [-0.39, 0.29) is 18.1 Å². The minimum absolute atomic E-state index is 0.0872. The number of carbonyl (C=O) groups excluding carboxylic acids is 4. The first kappa shape index (κ1) is 41.1. The molecule has 0 bridgehead atoms. The maximum absolute atomic E-state index is 14.9. The number of aromatic hydroxyl groups is 1.